The molecule has 0 aliphatic heterocycles. The molecule has 0 bridgehead atoms. The summed E-state index contributed by atoms with van der Waals surface area (Å²) >= 11 is 3.51. The van der Waals surface area contributed by atoms with Gasteiger partial charge in [0.25, 0.3) is 0 Å². The van der Waals surface area contributed by atoms with E-state index in [1.54, 1.807) is 6.92 Å². The molecule has 4 nitrogen and oxygen atoms in total. The van der Waals surface area contributed by atoms with Crippen LogP contribution >= 0.6 is 15.9 Å². The van der Waals surface area contributed by atoms with Gasteiger partial charge in [0.2, 0.25) is 0 Å². The van der Waals surface area contributed by atoms with Gasteiger partial charge in [-0.05, 0) is 60.4 Å². The van der Waals surface area contributed by atoms with Gasteiger partial charge in [0.15, 0.2) is 11.5 Å². The summed E-state index contributed by atoms with van der Waals surface area (Å²) in [6.07, 6.45) is 0.594. The van der Waals surface area contributed by atoms with Crippen LogP contribution in [0.3, 0.4) is 0 Å². The van der Waals surface area contributed by atoms with Gasteiger partial charge in [-0.25, -0.2) is 0 Å². The summed E-state index contributed by atoms with van der Waals surface area (Å²) in [5.41, 5.74) is 1.14. The molecule has 0 amide bonds. The molecule has 0 saturated carbocycles. The first-order chi connectivity index (χ1) is 9.58. The maximum absolute atomic E-state index is 9.33. The lowest BCUT2D eigenvalue weighted by Crippen LogP contribution is -2.15. The largest absolute Gasteiger partial charge is 0.490 e. The van der Waals surface area contributed by atoms with E-state index in [1.807, 2.05) is 19.1 Å². The molecule has 1 atom stereocenters. The summed E-state index contributed by atoms with van der Waals surface area (Å²) < 4.78 is 12.1. The van der Waals surface area contributed by atoms with Crippen molar-refractivity contribution in [2.75, 3.05) is 19.8 Å². The summed E-state index contributed by atoms with van der Waals surface area (Å²) in [7, 11) is 0. The topological polar surface area (TPSA) is 50.7 Å². The lowest BCUT2D eigenvalue weighted by atomic mass is 10.2. The average molecular weight is 346 g/mol. The molecular weight excluding hydrogens is 322 g/mol. The van der Waals surface area contributed by atoms with Gasteiger partial charge in [0, 0.05) is 6.54 Å². The van der Waals surface area contributed by atoms with Crippen LogP contribution in [0, 0.1) is 0 Å². The molecule has 0 aliphatic carbocycles. The Morgan fingerprint density at radius 2 is 2.05 bits per heavy atom. The average Bonchev–Trinajstić information content (AvgIpc) is 2.38. The number of benzene rings is 1. The van der Waals surface area contributed by atoms with Crippen LogP contribution in [0.25, 0.3) is 0 Å². The summed E-state index contributed by atoms with van der Waals surface area (Å²) in [5, 5.41) is 12.7. The fraction of sp³-hybridized carbons (Fsp3) is 0.600. The maximum Gasteiger partial charge on any atom is 0.175 e. The van der Waals surface area contributed by atoms with E-state index in [4.69, 9.17) is 9.47 Å². The van der Waals surface area contributed by atoms with Crippen molar-refractivity contribution < 1.29 is 14.6 Å². The molecule has 1 rings (SSSR count). The van der Waals surface area contributed by atoms with Crippen LogP contribution in [-0.2, 0) is 6.54 Å². The Kier molecular flexibility index (Phi) is 7.95. The monoisotopic (exact) mass is 345 g/mol. The normalized spacial score (nSPS) is 12.2. The minimum atomic E-state index is -0.512. The molecule has 0 saturated heterocycles. The van der Waals surface area contributed by atoms with Crippen molar-refractivity contribution in [3.05, 3.63) is 22.2 Å². The highest BCUT2D eigenvalue weighted by Crippen LogP contribution is 2.37. The standard InChI is InChI=1S/C15H24BrNO3/c1-4-6-17-9-12-7-13(16)15(20-10-11(3)18)14(8-12)19-5-2/h7-8,11,17-18H,4-6,9-10H2,1-3H3. The highest BCUT2D eigenvalue weighted by Gasteiger charge is 2.13. The van der Waals surface area contributed by atoms with Crippen LogP contribution in [0.15, 0.2) is 16.6 Å². The Labute approximate surface area is 129 Å². The van der Waals surface area contributed by atoms with E-state index in [9.17, 15) is 5.11 Å². The number of aliphatic hydroxyl groups excluding tert-OH is 1. The van der Waals surface area contributed by atoms with Gasteiger partial charge in [0.05, 0.1) is 17.2 Å². The highest BCUT2D eigenvalue weighted by molar-refractivity contribution is 9.10. The van der Waals surface area contributed by atoms with Gasteiger partial charge in [0.1, 0.15) is 6.61 Å². The first-order valence-electron chi connectivity index (χ1n) is 7.05. The van der Waals surface area contributed by atoms with E-state index < -0.39 is 6.10 Å². The summed E-state index contributed by atoms with van der Waals surface area (Å²) in [6.45, 7) is 8.37. The second-order valence-electron chi connectivity index (χ2n) is 4.67. The third kappa shape index (κ3) is 5.69. The Balaban J connectivity index is 2.87. The smallest absolute Gasteiger partial charge is 0.175 e. The summed E-state index contributed by atoms with van der Waals surface area (Å²) in [4.78, 5) is 0. The first kappa shape index (κ1) is 17.3. The molecule has 5 heteroatoms. The first-order valence-corrected chi connectivity index (χ1v) is 7.84. The molecule has 0 spiro atoms. The highest BCUT2D eigenvalue weighted by atomic mass is 79.9. The summed E-state index contributed by atoms with van der Waals surface area (Å²) in [5.74, 6) is 1.35. The Morgan fingerprint density at radius 3 is 2.65 bits per heavy atom. The molecule has 0 heterocycles. The zero-order chi connectivity index (χ0) is 15.0. The van der Waals surface area contributed by atoms with Gasteiger partial charge in [-0.15, -0.1) is 0 Å². The van der Waals surface area contributed by atoms with E-state index in [0.717, 1.165) is 29.5 Å². The van der Waals surface area contributed by atoms with Crippen molar-refractivity contribution in [1.82, 2.24) is 5.32 Å². The van der Waals surface area contributed by atoms with Gasteiger partial charge >= 0.3 is 0 Å². The quantitative estimate of drug-likeness (QED) is 0.675. The van der Waals surface area contributed by atoms with Crippen LogP contribution in [0.1, 0.15) is 32.8 Å². The van der Waals surface area contributed by atoms with E-state index >= 15 is 0 Å². The number of nitrogens with one attached hydrogen (secondary N) is 1. The zero-order valence-electron chi connectivity index (χ0n) is 12.4. The minimum absolute atomic E-state index is 0.242. The van der Waals surface area contributed by atoms with E-state index in [0.29, 0.717) is 18.1 Å². The number of rotatable bonds is 9. The van der Waals surface area contributed by atoms with Gasteiger partial charge < -0.3 is 19.9 Å². The maximum atomic E-state index is 9.33. The molecule has 0 radical (unpaired) electrons. The Bertz CT molecular complexity index is 410. The minimum Gasteiger partial charge on any atom is -0.490 e. The van der Waals surface area contributed by atoms with E-state index in [2.05, 4.69) is 28.2 Å². The van der Waals surface area contributed by atoms with E-state index in [1.165, 1.54) is 0 Å². The van der Waals surface area contributed by atoms with Crippen LogP contribution < -0.4 is 14.8 Å². The van der Waals surface area contributed by atoms with Crippen LogP contribution in [0.5, 0.6) is 11.5 Å². The molecule has 0 fully saturated rings. The molecule has 20 heavy (non-hydrogen) atoms. The van der Waals surface area contributed by atoms with Crippen molar-refractivity contribution in [2.45, 2.75) is 39.8 Å². The lowest BCUT2D eigenvalue weighted by molar-refractivity contribution is 0.119. The third-order valence-corrected chi connectivity index (χ3v) is 3.18. The number of hydrogen-bond donors (Lipinski definition) is 2. The molecule has 1 unspecified atom stereocenters. The second kappa shape index (κ2) is 9.21. The van der Waals surface area contributed by atoms with Crippen LogP contribution in [0.4, 0.5) is 0 Å². The van der Waals surface area contributed by atoms with Crippen LogP contribution in [-0.4, -0.2) is 31.0 Å². The van der Waals surface area contributed by atoms with E-state index in [-0.39, 0.29) is 6.61 Å². The summed E-state index contributed by atoms with van der Waals surface area (Å²) in [6, 6.07) is 4.00. The van der Waals surface area contributed by atoms with Gasteiger partial charge in [-0.3, -0.25) is 0 Å². The second-order valence-corrected chi connectivity index (χ2v) is 5.53. The van der Waals surface area contributed by atoms with Crippen molar-refractivity contribution in [2.24, 2.45) is 0 Å². The van der Waals surface area contributed by atoms with Gasteiger partial charge in [-0.2, -0.15) is 0 Å². The fourth-order valence-corrected chi connectivity index (χ4v) is 2.34. The molecule has 0 aliphatic rings. The zero-order valence-corrected chi connectivity index (χ0v) is 14.0. The number of hydrogen-bond acceptors (Lipinski definition) is 4. The van der Waals surface area contributed by atoms with Crippen LogP contribution in [0.2, 0.25) is 0 Å². The van der Waals surface area contributed by atoms with Crippen molar-refractivity contribution in [3.8, 4) is 11.5 Å². The molecule has 1 aromatic rings. The van der Waals surface area contributed by atoms with Crippen molar-refractivity contribution >= 4 is 15.9 Å². The molecule has 0 aromatic heterocycles. The molecular formula is C15H24BrNO3. The fourth-order valence-electron chi connectivity index (χ4n) is 1.74. The SMILES string of the molecule is CCCNCc1cc(Br)c(OCC(C)O)c(OCC)c1. The number of aliphatic hydroxyl groups is 1. The number of ether oxygens (including phenoxy) is 2. The van der Waals surface area contributed by atoms with Crippen molar-refractivity contribution in [1.29, 1.82) is 0 Å². The molecule has 1 aromatic carbocycles. The predicted octanol–water partition coefficient (Wildman–Crippen LogP) is 3.11. The Morgan fingerprint density at radius 1 is 1.30 bits per heavy atom. The van der Waals surface area contributed by atoms with Gasteiger partial charge in [-0.1, -0.05) is 6.92 Å². The third-order valence-electron chi connectivity index (χ3n) is 2.59. The molecule has 2 N–H and O–H groups in total. The predicted molar refractivity (Wildman–Crippen MR) is 84.5 cm³/mol. The van der Waals surface area contributed by atoms with Crippen molar-refractivity contribution in [3.63, 3.8) is 0 Å². The number of halogens is 1. The Hall–Kier alpha value is -0.780. The molecule has 114 valence electrons. The lowest BCUT2D eigenvalue weighted by Gasteiger charge is -2.16.